The minimum absolute atomic E-state index is 0.129. The van der Waals surface area contributed by atoms with E-state index in [4.69, 9.17) is 11.6 Å². The Bertz CT molecular complexity index is 719. The molecule has 0 aliphatic rings. The predicted molar refractivity (Wildman–Crippen MR) is 85.8 cm³/mol. The lowest BCUT2D eigenvalue weighted by Gasteiger charge is -2.09. The maximum absolute atomic E-state index is 11.8. The molecule has 2 aromatic rings. The molecule has 2 aromatic carbocycles. The first-order chi connectivity index (χ1) is 10.5. The molecule has 6 nitrogen and oxygen atoms in total. The molecular weight excluding hydrogens is 306 g/mol. The van der Waals surface area contributed by atoms with Crippen LogP contribution in [0.1, 0.15) is 17.3 Å². The van der Waals surface area contributed by atoms with Crippen LogP contribution in [0, 0.1) is 10.1 Å². The second kappa shape index (κ2) is 6.91. The third kappa shape index (κ3) is 3.73. The van der Waals surface area contributed by atoms with Crippen molar-refractivity contribution in [3.05, 3.63) is 63.2 Å². The summed E-state index contributed by atoms with van der Waals surface area (Å²) in [6.07, 6.45) is 0. The molecule has 0 saturated heterocycles. The first-order valence-corrected chi connectivity index (χ1v) is 6.98. The quantitative estimate of drug-likeness (QED) is 0.649. The summed E-state index contributed by atoms with van der Waals surface area (Å²) in [5.41, 5.74) is 1.23. The molecule has 0 atom stereocenters. The van der Waals surface area contributed by atoms with Crippen molar-refractivity contribution in [3.63, 3.8) is 0 Å². The molecule has 1 amide bonds. The van der Waals surface area contributed by atoms with Crippen molar-refractivity contribution in [2.45, 2.75) is 6.92 Å². The third-order valence-corrected chi connectivity index (χ3v) is 3.13. The second-order valence-corrected chi connectivity index (χ2v) is 4.92. The van der Waals surface area contributed by atoms with Crippen molar-refractivity contribution in [2.75, 3.05) is 11.9 Å². The molecule has 0 saturated carbocycles. The number of hydrogen-bond donors (Lipinski definition) is 2. The van der Waals surface area contributed by atoms with Crippen LogP contribution in [-0.2, 0) is 0 Å². The van der Waals surface area contributed by atoms with Gasteiger partial charge in [0.2, 0.25) is 0 Å². The van der Waals surface area contributed by atoms with Gasteiger partial charge in [-0.25, -0.2) is 0 Å². The Labute approximate surface area is 132 Å². The lowest BCUT2D eigenvalue weighted by molar-refractivity contribution is -0.383. The number of nitrogens with one attached hydrogen (secondary N) is 2. The molecule has 0 spiro atoms. The van der Waals surface area contributed by atoms with Crippen molar-refractivity contribution in [2.24, 2.45) is 0 Å². The highest BCUT2D eigenvalue weighted by molar-refractivity contribution is 6.30. The van der Waals surface area contributed by atoms with Gasteiger partial charge in [-0.15, -0.1) is 0 Å². The Kier molecular flexibility index (Phi) is 4.95. The van der Waals surface area contributed by atoms with Crippen LogP contribution in [-0.4, -0.2) is 17.4 Å². The number of nitro groups is 1. The molecule has 0 aromatic heterocycles. The zero-order valence-corrected chi connectivity index (χ0v) is 12.6. The minimum Gasteiger partial charge on any atom is -0.352 e. The minimum atomic E-state index is -0.512. The molecule has 2 N–H and O–H groups in total. The van der Waals surface area contributed by atoms with Crippen LogP contribution in [0.4, 0.5) is 17.1 Å². The number of carbonyl (C=O) groups is 1. The van der Waals surface area contributed by atoms with E-state index in [0.29, 0.717) is 23.5 Å². The molecule has 0 aliphatic heterocycles. The van der Waals surface area contributed by atoms with Crippen molar-refractivity contribution in [1.29, 1.82) is 0 Å². The zero-order chi connectivity index (χ0) is 16.1. The fourth-order valence-corrected chi connectivity index (χ4v) is 2.08. The van der Waals surface area contributed by atoms with Crippen LogP contribution in [0.3, 0.4) is 0 Å². The maximum Gasteiger partial charge on any atom is 0.294 e. The van der Waals surface area contributed by atoms with Gasteiger partial charge in [0.1, 0.15) is 5.69 Å². The van der Waals surface area contributed by atoms with Crippen molar-refractivity contribution in [3.8, 4) is 0 Å². The lowest BCUT2D eigenvalue weighted by Crippen LogP contribution is -2.22. The van der Waals surface area contributed by atoms with E-state index in [0.717, 1.165) is 0 Å². The SMILES string of the molecule is CCNC(=O)c1cccc(Nc2ccc(Cl)cc2[N+](=O)[O-])c1. The lowest BCUT2D eigenvalue weighted by atomic mass is 10.1. The fraction of sp³-hybridized carbons (Fsp3) is 0.133. The van der Waals surface area contributed by atoms with E-state index >= 15 is 0 Å². The summed E-state index contributed by atoms with van der Waals surface area (Å²) in [4.78, 5) is 22.4. The molecular formula is C15H14ClN3O3. The van der Waals surface area contributed by atoms with Gasteiger partial charge in [0.15, 0.2) is 0 Å². The maximum atomic E-state index is 11.8. The molecule has 114 valence electrons. The first kappa shape index (κ1) is 15.8. The standard InChI is InChI=1S/C15H14ClN3O3/c1-2-17-15(20)10-4-3-5-12(8-10)18-13-7-6-11(16)9-14(13)19(21)22/h3-9,18H,2H2,1H3,(H,17,20). The monoisotopic (exact) mass is 319 g/mol. The molecule has 0 bridgehead atoms. The topological polar surface area (TPSA) is 84.3 Å². The van der Waals surface area contributed by atoms with Crippen LogP contribution in [0.5, 0.6) is 0 Å². The van der Waals surface area contributed by atoms with Gasteiger partial charge in [-0.2, -0.15) is 0 Å². The zero-order valence-electron chi connectivity index (χ0n) is 11.8. The number of nitro benzene ring substituents is 1. The highest BCUT2D eigenvalue weighted by atomic mass is 35.5. The summed E-state index contributed by atoms with van der Waals surface area (Å²) in [5, 5.41) is 17.0. The van der Waals surface area contributed by atoms with Gasteiger partial charge in [0, 0.05) is 28.9 Å². The summed E-state index contributed by atoms with van der Waals surface area (Å²) >= 11 is 5.78. The Morgan fingerprint density at radius 3 is 2.73 bits per heavy atom. The van der Waals surface area contributed by atoms with E-state index in [1.807, 2.05) is 6.92 Å². The summed E-state index contributed by atoms with van der Waals surface area (Å²) in [7, 11) is 0. The van der Waals surface area contributed by atoms with Gasteiger partial charge in [0.05, 0.1) is 4.92 Å². The number of benzene rings is 2. The summed E-state index contributed by atoms with van der Waals surface area (Å²) in [6.45, 7) is 2.36. The third-order valence-electron chi connectivity index (χ3n) is 2.90. The molecule has 0 aliphatic carbocycles. The van der Waals surface area contributed by atoms with E-state index in [1.165, 1.54) is 12.1 Å². The Morgan fingerprint density at radius 1 is 1.27 bits per heavy atom. The number of halogens is 1. The summed E-state index contributed by atoms with van der Waals surface area (Å²) < 4.78 is 0. The molecule has 0 radical (unpaired) electrons. The molecule has 22 heavy (non-hydrogen) atoms. The average molecular weight is 320 g/mol. The van der Waals surface area contributed by atoms with Crippen LogP contribution in [0.15, 0.2) is 42.5 Å². The molecule has 0 unspecified atom stereocenters. The van der Waals surface area contributed by atoms with Gasteiger partial charge >= 0.3 is 0 Å². The molecule has 2 rings (SSSR count). The van der Waals surface area contributed by atoms with Crippen molar-refractivity contribution >= 4 is 34.6 Å². The average Bonchev–Trinajstić information content (AvgIpc) is 2.49. The number of amides is 1. The van der Waals surface area contributed by atoms with Crippen molar-refractivity contribution in [1.82, 2.24) is 5.32 Å². The van der Waals surface area contributed by atoms with E-state index in [9.17, 15) is 14.9 Å². The van der Waals surface area contributed by atoms with Gasteiger partial charge in [-0.05, 0) is 37.3 Å². The van der Waals surface area contributed by atoms with Gasteiger partial charge < -0.3 is 10.6 Å². The normalized spacial score (nSPS) is 10.1. The fourth-order valence-electron chi connectivity index (χ4n) is 1.92. The number of hydrogen-bond acceptors (Lipinski definition) is 4. The van der Waals surface area contributed by atoms with Crippen LogP contribution < -0.4 is 10.6 Å². The number of carbonyl (C=O) groups excluding carboxylic acids is 1. The van der Waals surface area contributed by atoms with E-state index in [-0.39, 0.29) is 16.6 Å². The Balaban J connectivity index is 2.30. The highest BCUT2D eigenvalue weighted by Crippen LogP contribution is 2.30. The second-order valence-electron chi connectivity index (χ2n) is 4.48. The van der Waals surface area contributed by atoms with E-state index < -0.39 is 4.92 Å². The van der Waals surface area contributed by atoms with E-state index in [1.54, 1.807) is 30.3 Å². The highest BCUT2D eigenvalue weighted by Gasteiger charge is 2.15. The summed E-state index contributed by atoms with van der Waals surface area (Å²) in [5.74, 6) is -0.197. The Hall–Kier alpha value is -2.60. The van der Waals surface area contributed by atoms with Crippen molar-refractivity contribution < 1.29 is 9.72 Å². The van der Waals surface area contributed by atoms with Crippen LogP contribution in [0.2, 0.25) is 5.02 Å². The first-order valence-electron chi connectivity index (χ1n) is 6.60. The number of nitrogens with zero attached hydrogens (tertiary/aromatic N) is 1. The van der Waals surface area contributed by atoms with Gasteiger partial charge in [-0.1, -0.05) is 17.7 Å². The Morgan fingerprint density at radius 2 is 2.05 bits per heavy atom. The smallest absolute Gasteiger partial charge is 0.294 e. The van der Waals surface area contributed by atoms with Gasteiger partial charge in [0.25, 0.3) is 11.6 Å². The molecule has 0 fully saturated rings. The van der Waals surface area contributed by atoms with Crippen LogP contribution in [0.25, 0.3) is 0 Å². The largest absolute Gasteiger partial charge is 0.352 e. The van der Waals surface area contributed by atoms with Crippen LogP contribution >= 0.6 is 11.6 Å². The van der Waals surface area contributed by atoms with Gasteiger partial charge in [-0.3, -0.25) is 14.9 Å². The summed E-state index contributed by atoms with van der Waals surface area (Å²) in [6, 6.07) is 11.1. The number of anilines is 2. The number of rotatable bonds is 5. The molecule has 7 heteroatoms. The predicted octanol–water partition coefficient (Wildman–Crippen LogP) is 3.74. The van der Waals surface area contributed by atoms with E-state index in [2.05, 4.69) is 10.6 Å². The molecule has 0 heterocycles.